The third kappa shape index (κ3) is 2.61. The summed E-state index contributed by atoms with van der Waals surface area (Å²) in [5.41, 5.74) is -0.374. The number of amides is 2. The molecule has 0 unspecified atom stereocenters. The molecule has 2 aliphatic rings. The van der Waals surface area contributed by atoms with E-state index in [1.807, 2.05) is 0 Å². The number of hydrogen-bond acceptors (Lipinski definition) is 4. The second kappa shape index (κ2) is 4.81. The third-order valence-corrected chi connectivity index (χ3v) is 5.86. The molecule has 0 atom stereocenters. The highest BCUT2D eigenvalue weighted by Gasteiger charge is 2.49. The van der Waals surface area contributed by atoms with Gasteiger partial charge in [-0.05, 0) is 44.9 Å². The van der Waals surface area contributed by atoms with Crippen LogP contribution >= 0.6 is 0 Å². The molecule has 7 heteroatoms. The Labute approximate surface area is 129 Å². The Hall–Kier alpha value is -1.89. The van der Waals surface area contributed by atoms with E-state index in [2.05, 4.69) is 5.32 Å². The first-order chi connectivity index (χ1) is 10.2. The zero-order valence-corrected chi connectivity index (χ0v) is 13.3. The summed E-state index contributed by atoms with van der Waals surface area (Å²) in [6.07, 6.45) is 1.94. The number of sulfonamides is 1. The topological polar surface area (TPSA) is 83.6 Å². The van der Waals surface area contributed by atoms with Gasteiger partial charge in [0.1, 0.15) is 0 Å². The van der Waals surface area contributed by atoms with Crippen molar-refractivity contribution in [2.45, 2.75) is 32.7 Å². The van der Waals surface area contributed by atoms with Crippen LogP contribution in [0.5, 0.6) is 0 Å². The van der Waals surface area contributed by atoms with Gasteiger partial charge in [-0.1, -0.05) is 6.07 Å². The first kappa shape index (κ1) is 15.0. The Bertz CT molecular complexity index is 751. The molecule has 1 heterocycles. The van der Waals surface area contributed by atoms with Crippen LogP contribution in [0.4, 0.5) is 5.69 Å². The highest BCUT2D eigenvalue weighted by Crippen LogP contribution is 2.35. The van der Waals surface area contributed by atoms with Crippen LogP contribution in [0.1, 0.15) is 37.0 Å². The smallest absolute Gasteiger partial charge is 0.251 e. The van der Waals surface area contributed by atoms with Crippen LogP contribution < -0.4 is 9.62 Å². The van der Waals surface area contributed by atoms with Gasteiger partial charge < -0.3 is 5.32 Å². The summed E-state index contributed by atoms with van der Waals surface area (Å²) in [5, 5.41) is 2.84. The largest absolute Gasteiger partial charge is 0.349 e. The van der Waals surface area contributed by atoms with Crippen LogP contribution in [0.2, 0.25) is 0 Å². The molecule has 6 nitrogen and oxygen atoms in total. The first-order valence-corrected chi connectivity index (χ1v) is 8.80. The van der Waals surface area contributed by atoms with Crippen molar-refractivity contribution in [3.05, 3.63) is 29.8 Å². The van der Waals surface area contributed by atoms with Crippen molar-refractivity contribution >= 4 is 27.5 Å². The average Bonchev–Trinajstić information content (AvgIpc) is 3.18. The van der Waals surface area contributed by atoms with Crippen LogP contribution in [-0.4, -0.2) is 32.0 Å². The van der Waals surface area contributed by atoms with E-state index in [1.165, 1.54) is 12.1 Å². The summed E-state index contributed by atoms with van der Waals surface area (Å²) in [6.45, 7) is 3.22. The number of carbonyl (C=O) groups excluding carboxylic acids is 2. The van der Waals surface area contributed by atoms with E-state index in [1.54, 1.807) is 26.0 Å². The minimum Gasteiger partial charge on any atom is -0.349 e. The van der Waals surface area contributed by atoms with Crippen LogP contribution in [0, 0.1) is 5.41 Å². The summed E-state index contributed by atoms with van der Waals surface area (Å²) >= 11 is 0. The molecule has 1 aromatic rings. The summed E-state index contributed by atoms with van der Waals surface area (Å²) in [6, 6.07) is 6.40. The molecule has 0 radical (unpaired) electrons. The van der Waals surface area contributed by atoms with Gasteiger partial charge in [0, 0.05) is 11.6 Å². The Morgan fingerprint density at radius 1 is 1.32 bits per heavy atom. The molecular formula is C15H18N2O4S. The molecule has 118 valence electrons. The van der Waals surface area contributed by atoms with Crippen molar-refractivity contribution in [2.24, 2.45) is 5.41 Å². The maximum Gasteiger partial charge on any atom is 0.251 e. The minimum absolute atomic E-state index is 0.215. The van der Waals surface area contributed by atoms with Crippen LogP contribution in [-0.2, 0) is 14.8 Å². The highest BCUT2D eigenvalue weighted by atomic mass is 32.2. The molecule has 2 fully saturated rings. The van der Waals surface area contributed by atoms with Crippen LogP contribution in [0.25, 0.3) is 0 Å². The molecule has 1 N–H and O–H groups in total. The van der Waals surface area contributed by atoms with Gasteiger partial charge in [0.2, 0.25) is 15.9 Å². The van der Waals surface area contributed by atoms with Gasteiger partial charge >= 0.3 is 0 Å². The minimum atomic E-state index is -3.70. The maximum absolute atomic E-state index is 12.4. The molecule has 22 heavy (non-hydrogen) atoms. The second-order valence-electron chi connectivity index (χ2n) is 6.51. The lowest BCUT2D eigenvalue weighted by molar-refractivity contribution is -0.123. The predicted octanol–water partition coefficient (Wildman–Crippen LogP) is 1.28. The Balaban J connectivity index is 1.94. The lowest BCUT2D eigenvalue weighted by atomic mass is 9.95. The summed E-state index contributed by atoms with van der Waals surface area (Å²) < 4.78 is 25.3. The Morgan fingerprint density at radius 3 is 2.55 bits per heavy atom. The van der Waals surface area contributed by atoms with Gasteiger partial charge in [0.05, 0.1) is 16.9 Å². The van der Waals surface area contributed by atoms with Crippen LogP contribution in [0.15, 0.2) is 24.3 Å². The van der Waals surface area contributed by atoms with Crippen molar-refractivity contribution in [3.8, 4) is 0 Å². The molecule has 1 aromatic carbocycles. The van der Waals surface area contributed by atoms with Crippen molar-refractivity contribution in [1.82, 2.24) is 5.32 Å². The standard InChI is InChI=1S/C15H18N2O4S/c1-15(2)9-22(20,21)17(14(15)19)12-5-3-4-10(8-12)13(18)16-11-6-7-11/h3-5,8,11H,6-7,9H2,1-2H3,(H,16,18). The Kier molecular flexibility index (Phi) is 3.28. The van der Waals surface area contributed by atoms with E-state index in [0.717, 1.165) is 17.1 Å². The van der Waals surface area contributed by atoms with Gasteiger partial charge in [0.15, 0.2) is 0 Å². The molecule has 3 rings (SSSR count). The lowest BCUT2D eigenvalue weighted by Gasteiger charge is -2.18. The molecule has 1 saturated heterocycles. The third-order valence-electron chi connectivity index (χ3n) is 3.84. The summed E-state index contributed by atoms with van der Waals surface area (Å²) in [5.74, 6) is -0.933. The van der Waals surface area contributed by atoms with Crippen molar-refractivity contribution in [2.75, 3.05) is 10.1 Å². The second-order valence-corrected chi connectivity index (χ2v) is 8.33. The van der Waals surface area contributed by atoms with E-state index in [0.29, 0.717) is 5.56 Å². The van der Waals surface area contributed by atoms with E-state index < -0.39 is 21.3 Å². The fourth-order valence-electron chi connectivity index (χ4n) is 2.53. The number of hydrogen-bond donors (Lipinski definition) is 1. The Morgan fingerprint density at radius 2 is 2.00 bits per heavy atom. The van der Waals surface area contributed by atoms with Crippen LogP contribution in [0.3, 0.4) is 0 Å². The van der Waals surface area contributed by atoms with Gasteiger partial charge in [-0.2, -0.15) is 0 Å². The molecule has 1 aliphatic carbocycles. The van der Waals surface area contributed by atoms with Crippen molar-refractivity contribution in [3.63, 3.8) is 0 Å². The number of nitrogens with zero attached hydrogens (tertiary/aromatic N) is 1. The number of nitrogens with one attached hydrogen (secondary N) is 1. The average molecular weight is 322 g/mol. The molecule has 0 aromatic heterocycles. The number of rotatable bonds is 3. The normalized spacial score (nSPS) is 22.6. The number of benzene rings is 1. The van der Waals surface area contributed by atoms with E-state index in [9.17, 15) is 18.0 Å². The molecular weight excluding hydrogens is 304 g/mol. The summed E-state index contributed by atoms with van der Waals surface area (Å²) in [4.78, 5) is 24.4. The SMILES string of the molecule is CC1(C)CS(=O)(=O)N(c2cccc(C(=O)NC3CC3)c2)C1=O. The zero-order valence-electron chi connectivity index (χ0n) is 12.5. The fraction of sp³-hybridized carbons (Fsp3) is 0.467. The zero-order chi connectivity index (χ0) is 16.1. The predicted molar refractivity (Wildman–Crippen MR) is 82.0 cm³/mol. The molecule has 1 aliphatic heterocycles. The van der Waals surface area contributed by atoms with Gasteiger partial charge in [-0.3, -0.25) is 9.59 Å². The van der Waals surface area contributed by atoms with Gasteiger partial charge in [0.25, 0.3) is 5.91 Å². The highest BCUT2D eigenvalue weighted by molar-refractivity contribution is 7.94. The summed E-state index contributed by atoms with van der Waals surface area (Å²) in [7, 11) is -3.70. The number of anilines is 1. The quantitative estimate of drug-likeness (QED) is 0.908. The molecule has 1 saturated carbocycles. The van der Waals surface area contributed by atoms with E-state index in [-0.39, 0.29) is 23.4 Å². The van der Waals surface area contributed by atoms with Crippen molar-refractivity contribution < 1.29 is 18.0 Å². The number of carbonyl (C=O) groups is 2. The van der Waals surface area contributed by atoms with E-state index >= 15 is 0 Å². The maximum atomic E-state index is 12.4. The van der Waals surface area contributed by atoms with Gasteiger partial charge in [-0.25, -0.2) is 12.7 Å². The van der Waals surface area contributed by atoms with Gasteiger partial charge in [-0.15, -0.1) is 0 Å². The monoisotopic (exact) mass is 322 g/mol. The molecule has 2 amide bonds. The first-order valence-electron chi connectivity index (χ1n) is 7.19. The molecule has 0 spiro atoms. The lowest BCUT2D eigenvalue weighted by Crippen LogP contribution is -2.33. The van der Waals surface area contributed by atoms with E-state index in [4.69, 9.17) is 0 Å². The van der Waals surface area contributed by atoms with Crippen molar-refractivity contribution in [1.29, 1.82) is 0 Å². The molecule has 0 bridgehead atoms. The fourth-order valence-corrected chi connectivity index (χ4v) is 4.63.